The van der Waals surface area contributed by atoms with Crippen molar-refractivity contribution in [1.82, 2.24) is 4.98 Å². The molecule has 0 spiro atoms. The molecule has 1 atom stereocenters. The number of pyridine rings is 1. The summed E-state index contributed by atoms with van der Waals surface area (Å²) in [4.78, 5) is 16.0. The van der Waals surface area contributed by atoms with Crippen molar-refractivity contribution in [2.45, 2.75) is 12.1 Å². The van der Waals surface area contributed by atoms with Crippen molar-refractivity contribution in [2.24, 2.45) is 5.73 Å². The summed E-state index contributed by atoms with van der Waals surface area (Å²) < 4.78 is 0. The van der Waals surface area contributed by atoms with Crippen LogP contribution in [0.15, 0.2) is 72.9 Å². The molecule has 2 aromatic carbocycles. The second-order valence-corrected chi connectivity index (χ2v) is 5.70. The molecular weight excluding hydrogens is 316 g/mol. The van der Waals surface area contributed by atoms with Crippen LogP contribution in [0.3, 0.4) is 0 Å². The molecule has 0 fully saturated rings. The first-order valence-corrected chi connectivity index (χ1v) is 7.83. The van der Waals surface area contributed by atoms with Crippen LogP contribution in [-0.4, -0.2) is 21.2 Å². The number of hydrogen-bond acceptors (Lipinski definition) is 4. The Morgan fingerprint density at radius 1 is 0.920 bits per heavy atom. The number of nitrogens with two attached hydrogens (primary N) is 1. The van der Waals surface area contributed by atoms with Gasteiger partial charge in [0.2, 0.25) is 5.60 Å². The molecule has 0 unspecified atom stereocenters. The van der Waals surface area contributed by atoms with Gasteiger partial charge in [-0.15, -0.1) is 0 Å². The van der Waals surface area contributed by atoms with E-state index in [1.807, 2.05) is 12.1 Å². The van der Waals surface area contributed by atoms with Crippen LogP contribution in [0.5, 0.6) is 0 Å². The van der Waals surface area contributed by atoms with E-state index in [1.165, 1.54) is 0 Å². The zero-order valence-electron chi connectivity index (χ0n) is 13.5. The number of rotatable bonds is 5. The van der Waals surface area contributed by atoms with Gasteiger partial charge in [-0.3, -0.25) is 4.98 Å². The molecule has 4 N–H and O–H groups in total. The van der Waals surface area contributed by atoms with Crippen molar-refractivity contribution >= 4 is 5.97 Å². The molecule has 0 saturated carbocycles. The van der Waals surface area contributed by atoms with E-state index in [0.29, 0.717) is 17.7 Å². The van der Waals surface area contributed by atoms with E-state index in [4.69, 9.17) is 5.73 Å². The van der Waals surface area contributed by atoms with Gasteiger partial charge >= 0.3 is 5.97 Å². The average Bonchev–Trinajstić information content (AvgIpc) is 2.68. The number of carbonyl (C=O) groups is 1. The third kappa shape index (κ3) is 3.15. The summed E-state index contributed by atoms with van der Waals surface area (Å²) in [5.41, 5.74) is 6.61. The lowest BCUT2D eigenvalue weighted by Crippen LogP contribution is -2.36. The van der Waals surface area contributed by atoms with Crippen LogP contribution >= 0.6 is 0 Å². The smallest absolute Gasteiger partial charge is 0.345 e. The first-order chi connectivity index (χ1) is 12.1. The lowest BCUT2D eigenvalue weighted by atomic mass is 9.86. The van der Waals surface area contributed by atoms with Gasteiger partial charge in [0.15, 0.2) is 0 Å². The van der Waals surface area contributed by atoms with E-state index in [-0.39, 0.29) is 0 Å². The maximum absolute atomic E-state index is 11.8. The summed E-state index contributed by atoms with van der Waals surface area (Å²) in [7, 11) is 0. The molecule has 0 saturated heterocycles. The van der Waals surface area contributed by atoms with Crippen molar-refractivity contribution in [3.05, 3.63) is 89.7 Å². The molecule has 1 aromatic heterocycles. The molecule has 126 valence electrons. The summed E-state index contributed by atoms with van der Waals surface area (Å²) in [5.74, 6) is -1.32. The fraction of sp³-hybridized carbons (Fsp3) is 0.100. The van der Waals surface area contributed by atoms with Gasteiger partial charge in [-0.2, -0.15) is 0 Å². The van der Waals surface area contributed by atoms with E-state index >= 15 is 0 Å². The lowest BCUT2D eigenvalue weighted by Gasteiger charge is -2.24. The molecule has 25 heavy (non-hydrogen) atoms. The maximum atomic E-state index is 11.8. The zero-order valence-corrected chi connectivity index (χ0v) is 13.5. The summed E-state index contributed by atoms with van der Waals surface area (Å²) >= 11 is 0. The quantitative estimate of drug-likeness (QED) is 0.666. The van der Waals surface area contributed by atoms with Gasteiger partial charge in [-0.1, -0.05) is 60.7 Å². The molecule has 5 nitrogen and oxygen atoms in total. The molecule has 3 aromatic rings. The normalized spacial score (nSPS) is 13.2. The Labute approximate surface area is 145 Å². The number of benzene rings is 2. The van der Waals surface area contributed by atoms with Crippen LogP contribution < -0.4 is 5.73 Å². The number of aromatic nitrogens is 1. The third-order valence-corrected chi connectivity index (χ3v) is 4.17. The Morgan fingerprint density at radius 2 is 1.52 bits per heavy atom. The minimum Gasteiger partial charge on any atom is -0.479 e. The molecule has 0 aliphatic carbocycles. The number of aliphatic hydroxyl groups is 1. The van der Waals surface area contributed by atoms with Crippen molar-refractivity contribution in [3.8, 4) is 11.1 Å². The first-order valence-electron chi connectivity index (χ1n) is 7.83. The van der Waals surface area contributed by atoms with Gasteiger partial charge < -0.3 is 15.9 Å². The Hall–Kier alpha value is -3.02. The van der Waals surface area contributed by atoms with E-state index in [2.05, 4.69) is 4.98 Å². The predicted octanol–water partition coefficient (Wildman–Crippen LogP) is 2.53. The van der Waals surface area contributed by atoms with Crippen molar-refractivity contribution in [2.75, 3.05) is 0 Å². The largest absolute Gasteiger partial charge is 0.479 e. The second-order valence-electron chi connectivity index (χ2n) is 5.70. The van der Waals surface area contributed by atoms with Crippen LogP contribution in [-0.2, 0) is 16.9 Å². The average molecular weight is 334 g/mol. The van der Waals surface area contributed by atoms with Gasteiger partial charge in [0.05, 0.1) is 5.69 Å². The zero-order chi connectivity index (χ0) is 17.9. The highest BCUT2D eigenvalue weighted by molar-refractivity contribution is 5.84. The van der Waals surface area contributed by atoms with Crippen LogP contribution in [0.25, 0.3) is 11.1 Å². The van der Waals surface area contributed by atoms with Gasteiger partial charge in [0, 0.05) is 18.3 Å². The minimum atomic E-state index is -2.10. The number of aliphatic carboxylic acids is 1. The van der Waals surface area contributed by atoms with Crippen LogP contribution in [0, 0.1) is 0 Å². The van der Waals surface area contributed by atoms with Crippen molar-refractivity contribution in [3.63, 3.8) is 0 Å². The van der Waals surface area contributed by atoms with Crippen LogP contribution in [0.1, 0.15) is 16.8 Å². The van der Waals surface area contributed by atoms with Crippen LogP contribution in [0.4, 0.5) is 0 Å². The lowest BCUT2D eigenvalue weighted by molar-refractivity contribution is -0.155. The molecule has 1 heterocycles. The molecule has 5 heteroatoms. The molecule has 3 rings (SSSR count). The summed E-state index contributed by atoms with van der Waals surface area (Å²) in [5, 5.41) is 20.4. The predicted molar refractivity (Wildman–Crippen MR) is 94.6 cm³/mol. The standard InChI is InChI=1S/C20H18N2O3/c21-12-18-11-8-15(13-22-18)14-6-9-17(10-7-14)20(25,19(23)24)16-4-2-1-3-5-16/h1-11,13,25H,12,21H2,(H,23,24)/t20-/m0/s1. The minimum absolute atomic E-state index is 0.293. The van der Waals surface area contributed by atoms with E-state index in [0.717, 1.165) is 16.8 Å². The highest BCUT2D eigenvalue weighted by atomic mass is 16.4. The van der Waals surface area contributed by atoms with Gasteiger partial charge in [0.25, 0.3) is 0 Å². The molecule has 0 bridgehead atoms. The fourth-order valence-corrected chi connectivity index (χ4v) is 2.71. The SMILES string of the molecule is NCc1ccc(-c2ccc([C@](O)(C(=O)O)c3ccccc3)cc2)cn1. The van der Waals surface area contributed by atoms with Gasteiger partial charge in [-0.05, 0) is 22.8 Å². The number of nitrogens with zero attached hydrogens (tertiary/aromatic N) is 1. The topological polar surface area (TPSA) is 96.4 Å². The molecule has 0 aliphatic rings. The molecule has 0 radical (unpaired) electrons. The van der Waals surface area contributed by atoms with E-state index < -0.39 is 11.6 Å². The van der Waals surface area contributed by atoms with Crippen molar-refractivity contribution in [1.29, 1.82) is 0 Å². The third-order valence-electron chi connectivity index (χ3n) is 4.17. The summed E-state index contributed by atoms with van der Waals surface area (Å²) in [6.45, 7) is 0.377. The Bertz CT molecular complexity index is 862. The maximum Gasteiger partial charge on any atom is 0.345 e. The highest BCUT2D eigenvalue weighted by Gasteiger charge is 2.39. The Balaban J connectivity index is 1.98. The van der Waals surface area contributed by atoms with Crippen LogP contribution in [0.2, 0.25) is 0 Å². The first kappa shape index (κ1) is 16.8. The van der Waals surface area contributed by atoms with Crippen molar-refractivity contribution < 1.29 is 15.0 Å². The van der Waals surface area contributed by atoms with Gasteiger partial charge in [-0.25, -0.2) is 4.79 Å². The molecule has 0 amide bonds. The monoisotopic (exact) mass is 334 g/mol. The van der Waals surface area contributed by atoms with E-state index in [9.17, 15) is 15.0 Å². The number of carboxylic acids is 1. The summed E-state index contributed by atoms with van der Waals surface area (Å²) in [6.07, 6.45) is 1.72. The summed E-state index contributed by atoms with van der Waals surface area (Å²) in [6, 6.07) is 18.9. The Kier molecular flexibility index (Phi) is 4.61. The van der Waals surface area contributed by atoms with Gasteiger partial charge in [0.1, 0.15) is 0 Å². The second kappa shape index (κ2) is 6.84. The molecular formula is C20H18N2O3. The molecule has 0 aliphatic heterocycles. The number of hydrogen-bond donors (Lipinski definition) is 3. The fourth-order valence-electron chi connectivity index (χ4n) is 2.71. The number of carboxylic acid groups (broad SMARTS) is 1. The highest BCUT2D eigenvalue weighted by Crippen LogP contribution is 2.31. The van der Waals surface area contributed by atoms with E-state index in [1.54, 1.807) is 60.8 Å². The Morgan fingerprint density at radius 3 is 2.04 bits per heavy atom.